The molecular formula is C30H53N3O4. The molecule has 4 N–H and O–H groups in total. The molecule has 0 spiro atoms. The molecule has 3 unspecified atom stereocenters. The lowest BCUT2D eigenvalue weighted by atomic mass is 9.43. The van der Waals surface area contributed by atoms with Gasteiger partial charge in [-0.05, 0) is 114 Å². The summed E-state index contributed by atoms with van der Waals surface area (Å²) in [6.07, 6.45) is 14.1. The van der Waals surface area contributed by atoms with E-state index in [9.17, 15) is 10.2 Å². The van der Waals surface area contributed by atoms with Crippen molar-refractivity contribution in [1.29, 1.82) is 0 Å². The van der Waals surface area contributed by atoms with Crippen LogP contribution in [0, 0.1) is 28.6 Å². The fourth-order valence-electron chi connectivity index (χ4n) is 9.18. The molecule has 212 valence electrons. The monoisotopic (exact) mass is 519 g/mol. The highest BCUT2D eigenvalue weighted by molar-refractivity contribution is 5.30. The lowest BCUT2D eigenvalue weighted by Crippen LogP contribution is -2.62. The van der Waals surface area contributed by atoms with Crippen LogP contribution in [0.15, 0.2) is 11.8 Å². The molecule has 8 atom stereocenters. The number of nitrogens with zero attached hydrogens (tertiary/aromatic N) is 1. The zero-order valence-electron chi connectivity index (χ0n) is 23.9. The summed E-state index contributed by atoms with van der Waals surface area (Å²) in [5, 5.41) is 27.3. The maximum absolute atomic E-state index is 12.3. The molecule has 5 aliphatic rings. The third-order valence-corrected chi connectivity index (χ3v) is 11.7. The molecule has 0 bridgehead atoms. The standard InChI is InChI=1S/C30H53N3O4/c1-27-14-15-29(34,36-18-11-24-6-5-16-31-24)20-22(27)7-8-26-25(27)10-12-28(2)23(9-13-30(26,28)35)21-32-37-19-17-33(3)4/h21-22,24-26,31-32,34-35H,5-20H2,1-4H3/t22?,24?,25-,26-,27+,28-,29?,30-/m1/s1. The molecule has 0 radical (unpaired) electrons. The maximum Gasteiger partial charge on any atom is 0.165 e. The van der Waals surface area contributed by atoms with Crippen molar-refractivity contribution < 1.29 is 19.8 Å². The molecule has 0 aromatic carbocycles. The Morgan fingerprint density at radius 1 is 1.03 bits per heavy atom. The molecule has 7 nitrogen and oxygen atoms in total. The Bertz CT molecular complexity index is 832. The van der Waals surface area contributed by atoms with Crippen LogP contribution in [-0.4, -0.2) is 72.9 Å². The third-order valence-electron chi connectivity index (χ3n) is 11.7. The van der Waals surface area contributed by atoms with E-state index in [1.54, 1.807) is 0 Å². The van der Waals surface area contributed by atoms with E-state index in [0.717, 1.165) is 77.3 Å². The van der Waals surface area contributed by atoms with Crippen LogP contribution in [0.25, 0.3) is 0 Å². The fourth-order valence-corrected chi connectivity index (χ4v) is 9.18. The first-order valence-electron chi connectivity index (χ1n) is 15.1. The summed E-state index contributed by atoms with van der Waals surface area (Å²) in [7, 11) is 4.09. The van der Waals surface area contributed by atoms with Crippen molar-refractivity contribution in [3.63, 3.8) is 0 Å². The number of aliphatic hydroxyl groups is 2. The Labute approximate surface area is 224 Å². The van der Waals surface area contributed by atoms with Crippen molar-refractivity contribution in [2.45, 2.75) is 108 Å². The van der Waals surface area contributed by atoms with Gasteiger partial charge in [-0.15, -0.1) is 0 Å². The van der Waals surface area contributed by atoms with Crippen LogP contribution >= 0.6 is 0 Å². The minimum Gasteiger partial charge on any atom is -0.389 e. The van der Waals surface area contributed by atoms with Crippen LogP contribution in [0.3, 0.4) is 0 Å². The van der Waals surface area contributed by atoms with Crippen LogP contribution in [0.2, 0.25) is 0 Å². The van der Waals surface area contributed by atoms with Gasteiger partial charge in [0.05, 0.1) is 18.8 Å². The van der Waals surface area contributed by atoms with Gasteiger partial charge >= 0.3 is 0 Å². The van der Waals surface area contributed by atoms with E-state index in [4.69, 9.17) is 9.57 Å². The van der Waals surface area contributed by atoms with Crippen molar-refractivity contribution in [3.8, 4) is 0 Å². The van der Waals surface area contributed by atoms with E-state index >= 15 is 0 Å². The molecule has 37 heavy (non-hydrogen) atoms. The Morgan fingerprint density at radius 3 is 2.62 bits per heavy atom. The summed E-state index contributed by atoms with van der Waals surface area (Å²) >= 11 is 0. The number of hydroxylamine groups is 1. The van der Waals surface area contributed by atoms with Crippen LogP contribution in [0.5, 0.6) is 0 Å². The SMILES string of the molecule is CN(C)CCONC=C1CC[C@@]2(O)[C@@H]3CCC4CC(O)(OCCC5CCCN5)CC[C@]4(C)[C@@H]3CC[C@]12C. The smallest absolute Gasteiger partial charge is 0.165 e. The summed E-state index contributed by atoms with van der Waals surface area (Å²) in [6.45, 7) is 8.03. The molecule has 7 heteroatoms. The lowest BCUT2D eigenvalue weighted by Gasteiger charge is -2.63. The minimum atomic E-state index is -0.975. The Balaban J connectivity index is 1.22. The quantitative estimate of drug-likeness (QED) is 0.208. The molecule has 5 rings (SSSR count). The molecule has 1 aliphatic heterocycles. The zero-order chi connectivity index (χ0) is 26.3. The number of fused-ring (bicyclic) bond motifs is 5. The summed E-state index contributed by atoms with van der Waals surface area (Å²) in [5.74, 6) is 0.332. The Hall–Kier alpha value is -0.700. The zero-order valence-corrected chi connectivity index (χ0v) is 23.9. The second-order valence-corrected chi connectivity index (χ2v) is 13.8. The van der Waals surface area contributed by atoms with E-state index in [2.05, 4.69) is 29.5 Å². The number of nitrogens with one attached hydrogen (secondary N) is 2. The predicted molar refractivity (Wildman–Crippen MR) is 145 cm³/mol. The van der Waals surface area contributed by atoms with Gasteiger partial charge in [0, 0.05) is 37.0 Å². The van der Waals surface area contributed by atoms with E-state index in [-0.39, 0.29) is 10.8 Å². The van der Waals surface area contributed by atoms with E-state index in [0.29, 0.717) is 37.0 Å². The molecule has 0 amide bonds. The summed E-state index contributed by atoms with van der Waals surface area (Å²) in [4.78, 5) is 7.75. The molecule has 1 saturated heterocycles. The van der Waals surface area contributed by atoms with Gasteiger partial charge in [0.2, 0.25) is 0 Å². The van der Waals surface area contributed by atoms with Crippen LogP contribution < -0.4 is 10.8 Å². The van der Waals surface area contributed by atoms with Crippen LogP contribution in [0.1, 0.15) is 90.9 Å². The summed E-state index contributed by atoms with van der Waals surface area (Å²) in [5.41, 5.74) is 3.72. The molecule has 5 fully saturated rings. The number of ether oxygens (including phenoxy) is 1. The normalized spacial score (nSPS) is 46.6. The first-order valence-corrected chi connectivity index (χ1v) is 15.1. The Morgan fingerprint density at radius 2 is 1.86 bits per heavy atom. The molecule has 4 aliphatic carbocycles. The molecule has 0 aromatic rings. The number of likely N-dealkylation sites (N-methyl/N-ethyl adjacent to an activating group) is 1. The average molecular weight is 520 g/mol. The van der Waals surface area contributed by atoms with Crippen LogP contribution in [-0.2, 0) is 9.57 Å². The number of hydrogen-bond acceptors (Lipinski definition) is 7. The van der Waals surface area contributed by atoms with Crippen molar-refractivity contribution in [3.05, 3.63) is 11.8 Å². The Kier molecular flexibility index (Phi) is 8.05. The topological polar surface area (TPSA) is 86.2 Å². The van der Waals surface area contributed by atoms with Crippen molar-refractivity contribution in [2.75, 3.05) is 40.4 Å². The van der Waals surface area contributed by atoms with Crippen molar-refractivity contribution in [2.24, 2.45) is 28.6 Å². The van der Waals surface area contributed by atoms with Gasteiger partial charge in [0.1, 0.15) is 0 Å². The van der Waals surface area contributed by atoms with E-state index in [1.165, 1.54) is 18.4 Å². The summed E-state index contributed by atoms with van der Waals surface area (Å²) in [6, 6.07) is 0.551. The number of rotatable bonds is 9. The molecular weight excluding hydrogens is 466 g/mol. The minimum absolute atomic E-state index is 0.169. The molecule has 0 aromatic heterocycles. The van der Waals surface area contributed by atoms with Gasteiger partial charge in [-0.2, -0.15) is 0 Å². The third kappa shape index (κ3) is 5.14. The van der Waals surface area contributed by atoms with Gasteiger partial charge < -0.3 is 25.2 Å². The first kappa shape index (κ1) is 27.9. The highest BCUT2D eigenvalue weighted by atomic mass is 16.6. The number of hydrogen-bond donors (Lipinski definition) is 4. The molecule has 1 heterocycles. The highest BCUT2D eigenvalue weighted by Crippen LogP contribution is 2.69. The highest BCUT2D eigenvalue weighted by Gasteiger charge is 2.66. The van der Waals surface area contributed by atoms with E-state index in [1.807, 2.05) is 20.3 Å². The maximum atomic E-state index is 12.3. The summed E-state index contributed by atoms with van der Waals surface area (Å²) < 4.78 is 6.19. The fraction of sp³-hybridized carbons (Fsp3) is 0.933. The lowest BCUT2D eigenvalue weighted by molar-refractivity contribution is -0.268. The predicted octanol–water partition coefficient (Wildman–Crippen LogP) is 3.96. The first-order chi connectivity index (χ1) is 17.6. The van der Waals surface area contributed by atoms with Gasteiger partial charge in [-0.1, -0.05) is 13.8 Å². The largest absolute Gasteiger partial charge is 0.389 e. The van der Waals surface area contributed by atoms with Crippen LogP contribution in [0.4, 0.5) is 0 Å². The van der Waals surface area contributed by atoms with E-state index < -0.39 is 11.4 Å². The van der Waals surface area contributed by atoms with Crippen molar-refractivity contribution in [1.82, 2.24) is 15.7 Å². The van der Waals surface area contributed by atoms with Gasteiger partial charge in [0.15, 0.2) is 5.79 Å². The second-order valence-electron chi connectivity index (χ2n) is 13.8. The average Bonchev–Trinajstić information content (AvgIpc) is 3.46. The van der Waals surface area contributed by atoms with Gasteiger partial charge in [-0.25, -0.2) is 0 Å². The molecule has 4 saturated carbocycles. The van der Waals surface area contributed by atoms with Gasteiger partial charge in [0.25, 0.3) is 0 Å². The van der Waals surface area contributed by atoms with Crippen molar-refractivity contribution >= 4 is 0 Å². The van der Waals surface area contributed by atoms with Gasteiger partial charge in [-0.3, -0.25) is 10.3 Å². The second kappa shape index (κ2) is 10.7.